The fourth-order valence-corrected chi connectivity index (χ4v) is 3.19. The van der Waals surface area contributed by atoms with Gasteiger partial charge < -0.3 is 25.1 Å². The highest BCUT2D eigenvalue weighted by atomic mass is 127. The molecular formula is C22H28FIN4O2. The van der Waals surface area contributed by atoms with Gasteiger partial charge in [0.15, 0.2) is 17.5 Å². The summed E-state index contributed by atoms with van der Waals surface area (Å²) in [7, 11) is 3.37. The van der Waals surface area contributed by atoms with Crippen molar-refractivity contribution in [1.29, 1.82) is 0 Å². The molecule has 8 heteroatoms. The lowest BCUT2D eigenvalue weighted by atomic mass is 10.1. The molecule has 6 nitrogen and oxygen atoms in total. The lowest BCUT2D eigenvalue weighted by Crippen LogP contribution is -2.37. The van der Waals surface area contributed by atoms with E-state index in [9.17, 15) is 4.39 Å². The van der Waals surface area contributed by atoms with Crippen molar-refractivity contribution in [3.8, 4) is 11.5 Å². The van der Waals surface area contributed by atoms with Crippen LogP contribution in [0.5, 0.6) is 11.5 Å². The molecule has 1 heterocycles. The normalized spacial score (nSPS) is 11.1. The van der Waals surface area contributed by atoms with Crippen molar-refractivity contribution in [2.75, 3.05) is 27.3 Å². The monoisotopic (exact) mass is 526 g/mol. The Labute approximate surface area is 193 Å². The van der Waals surface area contributed by atoms with Crippen LogP contribution in [0.15, 0.2) is 47.6 Å². The Balaban J connectivity index is 0.00000320. The summed E-state index contributed by atoms with van der Waals surface area (Å²) in [6, 6.07) is 10.7. The van der Waals surface area contributed by atoms with Gasteiger partial charge in [-0.25, -0.2) is 4.39 Å². The second-order valence-corrected chi connectivity index (χ2v) is 6.52. The molecule has 0 atom stereocenters. The number of nitrogens with zero attached hydrogens (tertiary/aromatic N) is 1. The summed E-state index contributed by atoms with van der Waals surface area (Å²) in [5.74, 6) is 1.93. The zero-order valence-electron chi connectivity index (χ0n) is 17.4. The molecule has 0 amide bonds. The maximum Gasteiger partial charge on any atom is 0.191 e. The minimum atomic E-state index is -0.236. The number of ether oxygens (including phenoxy) is 2. The number of benzene rings is 2. The van der Waals surface area contributed by atoms with Crippen molar-refractivity contribution in [3.63, 3.8) is 0 Å². The van der Waals surface area contributed by atoms with Crippen molar-refractivity contribution in [1.82, 2.24) is 15.6 Å². The number of aromatic amines is 1. The van der Waals surface area contributed by atoms with Crippen molar-refractivity contribution in [3.05, 3.63) is 59.5 Å². The fraction of sp³-hybridized carbons (Fsp3) is 0.318. The average molecular weight is 526 g/mol. The fourth-order valence-electron chi connectivity index (χ4n) is 3.19. The molecule has 0 bridgehead atoms. The predicted octanol–water partition coefficient (Wildman–Crippen LogP) is 4.24. The number of nitrogens with one attached hydrogen (secondary N) is 3. The van der Waals surface area contributed by atoms with E-state index < -0.39 is 0 Å². The lowest BCUT2D eigenvalue weighted by Gasteiger charge is -2.14. The van der Waals surface area contributed by atoms with E-state index >= 15 is 0 Å². The first-order valence-corrected chi connectivity index (χ1v) is 9.64. The van der Waals surface area contributed by atoms with Crippen LogP contribution in [0, 0.1) is 5.82 Å². The van der Waals surface area contributed by atoms with Crippen molar-refractivity contribution >= 4 is 40.8 Å². The summed E-state index contributed by atoms with van der Waals surface area (Å²) >= 11 is 0. The van der Waals surface area contributed by atoms with E-state index in [-0.39, 0.29) is 29.8 Å². The largest absolute Gasteiger partial charge is 0.493 e. The summed E-state index contributed by atoms with van der Waals surface area (Å²) in [6.07, 6.45) is 2.72. The summed E-state index contributed by atoms with van der Waals surface area (Å²) in [5.41, 5.74) is 3.02. The topological polar surface area (TPSA) is 70.7 Å². The number of halogens is 2. The summed E-state index contributed by atoms with van der Waals surface area (Å²) < 4.78 is 24.3. The molecular weight excluding hydrogens is 498 g/mol. The number of hydrogen-bond acceptors (Lipinski definition) is 3. The Bertz CT molecular complexity index is 990. The number of aromatic nitrogens is 1. The zero-order chi connectivity index (χ0) is 20.6. The Kier molecular flexibility index (Phi) is 9.22. The molecule has 30 heavy (non-hydrogen) atoms. The molecule has 0 aliphatic heterocycles. The maximum absolute atomic E-state index is 13.3. The highest BCUT2D eigenvalue weighted by Gasteiger charge is 2.07. The van der Waals surface area contributed by atoms with Crippen molar-refractivity contribution < 1.29 is 13.9 Å². The van der Waals surface area contributed by atoms with Gasteiger partial charge in [0, 0.05) is 37.2 Å². The number of rotatable bonds is 8. The Hall–Kier alpha value is -2.49. The van der Waals surface area contributed by atoms with Gasteiger partial charge in [0.2, 0.25) is 0 Å². The molecule has 1 aromatic heterocycles. The van der Waals surface area contributed by atoms with Crippen LogP contribution in [0.1, 0.15) is 18.1 Å². The van der Waals surface area contributed by atoms with Gasteiger partial charge >= 0.3 is 0 Å². The molecule has 162 valence electrons. The third-order valence-electron chi connectivity index (χ3n) is 4.63. The van der Waals surface area contributed by atoms with Crippen LogP contribution in [0.3, 0.4) is 0 Å². The van der Waals surface area contributed by atoms with Gasteiger partial charge in [-0.1, -0.05) is 6.07 Å². The number of methoxy groups -OCH3 is 1. The highest BCUT2D eigenvalue weighted by molar-refractivity contribution is 14.0. The van der Waals surface area contributed by atoms with E-state index in [1.807, 2.05) is 37.4 Å². The van der Waals surface area contributed by atoms with Crippen LogP contribution in [-0.2, 0) is 13.0 Å². The van der Waals surface area contributed by atoms with Crippen LogP contribution in [0.25, 0.3) is 10.9 Å². The van der Waals surface area contributed by atoms with Gasteiger partial charge in [0.05, 0.1) is 13.7 Å². The average Bonchev–Trinajstić information content (AvgIpc) is 3.13. The summed E-state index contributed by atoms with van der Waals surface area (Å²) in [5, 5.41) is 7.65. The molecule has 0 fully saturated rings. The van der Waals surface area contributed by atoms with E-state index in [0.29, 0.717) is 25.7 Å². The minimum absolute atomic E-state index is 0. The minimum Gasteiger partial charge on any atom is -0.493 e. The van der Waals surface area contributed by atoms with Gasteiger partial charge in [0.25, 0.3) is 0 Å². The third-order valence-corrected chi connectivity index (χ3v) is 4.63. The van der Waals surface area contributed by atoms with E-state index in [0.717, 1.165) is 39.9 Å². The number of aliphatic imine (C=N–C) groups is 1. The van der Waals surface area contributed by atoms with Gasteiger partial charge in [-0.2, -0.15) is 0 Å². The van der Waals surface area contributed by atoms with Crippen LogP contribution >= 0.6 is 24.0 Å². The Morgan fingerprint density at radius 1 is 1.13 bits per heavy atom. The zero-order valence-corrected chi connectivity index (χ0v) is 19.8. The number of fused-ring (bicyclic) bond motifs is 1. The van der Waals surface area contributed by atoms with E-state index in [1.54, 1.807) is 14.2 Å². The molecule has 0 aliphatic rings. The van der Waals surface area contributed by atoms with Crippen molar-refractivity contribution in [2.45, 2.75) is 19.9 Å². The van der Waals surface area contributed by atoms with E-state index in [4.69, 9.17) is 9.47 Å². The number of H-pyrrole nitrogens is 1. The van der Waals surface area contributed by atoms with Crippen molar-refractivity contribution in [2.24, 2.45) is 4.99 Å². The molecule has 3 rings (SSSR count). The molecule has 3 N–H and O–H groups in total. The predicted molar refractivity (Wildman–Crippen MR) is 130 cm³/mol. The molecule has 0 unspecified atom stereocenters. The van der Waals surface area contributed by atoms with Crippen LogP contribution < -0.4 is 20.1 Å². The first kappa shape index (κ1) is 23.8. The third kappa shape index (κ3) is 6.01. The lowest BCUT2D eigenvalue weighted by molar-refractivity contribution is 0.310. The Morgan fingerprint density at radius 3 is 2.70 bits per heavy atom. The number of guanidine groups is 1. The molecule has 2 aromatic carbocycles. The molecule has 0 saturated heterocycles. The van der Waals surface area contributed by atoms with Crippen LogP contribution in [-0.4, -0.2) is 38.3 Å². The molecule has 0 saturated carbocycles. The Morgan fingerprint density at radius 2 is 1.97 bits per heavy atom. The van der Waals surface area contributed by atoms with Crippen LogP contribution in [0.2, 0.25) is 0 Å². The standard InChI is InChI=1S/C22H27FN4O2.HI/c1-4-29-21-11-15(5-8-20(21)28-3)13-27-22(24-2)25-10-9-16-14-26-19-12-17(23)6-7-18(16)19;/h5-8,11-12,14,26H,4,9-10,13H2,1-3H3,(H2,24,25,27);1H. The molecule has 3 aromatic rings. The van der Waals surface area contributed by atoms with Gasteiger partial charge in [-0.3, -0.25) is 4.99 Å². The van der Waals surface area contributed by atoms with Crippen LogP contribution in [0.4, 0.5) is 4.39 Å². The second kappa shape index (κ2) is 11.6. The first-order chi connectivity index (χ1) is 14.1. The second-order valence-electron chi connectivity index (χ2n) is 6.52. The molecule has 0 aliphatic carbocycles. The molecule has 0 radical (unpaired) electrons. The summed E-state index contributed by atoms with van der Waals surface area (Å²) in [4.78, 5) is 7.39. The number of hydrogen-bond donors (Lipinski definition) is 3. The van der Waals surface area contributed by atoms with E-state index in [2.05, 4.69) is 20.6 Å². The SMILES string of the molecule is CCOc1cc(CNC(=NC)NCCc2c[nH]c3cc(F)ccc23)ccc1OC.I. The highest BCUT2D eigenvalue weighted by Crippen LogP contribution is 2.28. The smallest absolute Gasteiger partial charge is 0.191 e. The first-order valence-electron chi connectivity index (χ1n) is 9.64. The van der Waals surface area contributed by atoms with Gasteiger partial charge in [-0.05, 0) is 54.8 Å². The van der Waals surface area contributed by atoms with Gasteiger partial charge in [-0.15, -0.1) is 24.0 Å². The van der Waals surface area contributed by atoms with E-state index in [1.165, 1.54) is 12.1 Å². The van der Waals surface area contributed by atoms with Gasteiger partial charge in [0.1, 0.15) is 5.82 Å². The molecule has 0 spiro atoms. The maximum atomic E-state index is 13.3. The quantitative estimate of drug-likeness (QED) is 0.233. The summed E-state index contributed by atoms with van der Waals surface area (Å²) in [6.45, 7) is 3.84.